The smallest absolute Gasteiger partial charge is 0.169 e. The summed E-state index contributed by atoms with van der Waals surface area (Å²) in [7, 11) is 0. The van der Waals surface area contributed by atoms with E-state index in [9.17, 15) is 0 Å². The summed E-state index contributed by atoms with van der Waals surface area (Å²) in [6.07, 6.45) is 0. The number of rotatable bonds is 4. The van der Waals surface area contributed by atoms with Crippen molar-refractivity contribution in [3.8, 4) is 0 Å². The molecule has 1 rings (SSSR count). The molecule has 1 N–H and O–H groups in total. The van der Waals surface area contributed by atoms with Crippen molar-refractivity contribution < 1.29 is 4.42 Å². The summed E-state index contributed by atoms with van der Waals surface area (Å²) in [6, 6.07) is 4.41. The summed E-state index contributed by atoms with van der Waals surface area (Å²) in [5, 5.41) is 3.40. The van der Waals surface area contributed by atoms with E-state index < -0.39 is 0 Å². The van der Waals surface area contributed by atoms with Crippen molar-refractivity contribution >= 4 is 15.9 Å². The van der Waals surface area contributed by atoms with Gasteiger partial charge in [0.05, 0.1) is 6.54 Å². The standard InChI is InChI=1S/C10H16BrNO/c1-7(2)8(3)12-6-9-4-5-10(11)13-9/h4-5,7-8,12H,6H2,1-3H3. The Morgan fingerprint density at radius 3 is 2.54 bits per heavy atom. The molecule has 0 saturated heterocycles. The first-order valence-electron chi connectivity index (χ1n) is 4.57. The van der Waals surface area contributed by atoms with Crippen molar-refractivity contribution in [3.63, 3.8) is 0 Å². The van der Waals surface area contributed by atoms with Crippen LogP contribution in [0.4, 0.5) is 0 Å². The van der Waals surface area contributed by atoms with Gasteiger partial charge in [-0.1, -0.05) is 13.8 Å². The first-order chi connectivity index (χ1) is 6.09. The Kier molecular flexibility index (Phi) is 4.00. The van der Waals surface area contributed by atoms with E-state index in [1.807, 2.05) is 12.1 Å². The zero-order valence-corrected chi connectivity index (χ0v) is 9.89. The summed E-state index contributed by atoms with van der Waals surface area (Å²) >= 11 is 3.27. The second kappa shape index (κ2) is 4.82. The van der Waals surface area contributed by atoms with Crippen LogP contribution in [0.3, 0.4) is 0 Å². The molecule has 0 amide bonds. The molecule has 2 nitrogen and oxygen atoms in total. The molecule has 74 valence electrons. The largest absolute Gasteiger partial charge is 0.453 e. The summed E-state index contributed by atoms with van der Waals surface area (Å²) in [5.41, 5.74) is 0. The molecule has 1 atom stereocenters. The Balaban J connectivity index is 2.35. The highest BCUT2D eigenvalue weighted by molar-refractivity contribution is 9.10. The Labute approximate surface area is 87.8 Å². The van der Waals surface area contributed by atoms with E-state index in [2.05, 4.69) is 42.0 Å². The van der Waals surface area contributed by atoms with Crippen molar-refractivity contribution in [1.29, 1.82) is 0 Å². The normalized spacial score (nSPS) is 13.6. The van der Waals surface area contributed by atoms with E-state index >= 15 is 0 Å². The van der Waals surface area contributed by atoms with E-state index in [4.69, 9.17) is 4.42 Å². The van der Waals surface area contributed by atoms with Gasteiger partial charge in [0.1, 0.15) is 5.76 Å². The van der Waals surface area contributed by atoms with Crippen LogP contribution in [-0.2, 0) is 6.54 Å². The molecule has 0 aliphatic carbocycles. The van der Waals surface area contributed by atoms with Crippen molar-refractivity contribution in [1.82, 2.24) is 5.32 Å². The average Bonchev–Trinajstić information content (AvgIpc) is 2.47. The highest BCUT2D eigenvalue weighted by Gasteiger charge is 2.06. The van der Waals surface area contributed by atoms with Gasteiger partial charge in [0.25, 0.3) is 0 Å². The maximum Gasteiger partial charge on any atom is 0.169 e. The number of hydrogen-bond donors (Lipinski definition) is 1. The lowest BCUT2D eigenvalue weighted by Gasteiger charge is -2.16. The molecule has 0 fully saturated rings. The van der Waals surface area contributed by atoms with E-state index in [0.29, 0.717) is 12.0 Å². The van der Waals surface area contributed by atoms with Crippen molar-refractivity contribution in [2.75, 3.05) is 0 Å². The number of nitrogens with one attached hydrogen (secondary N) is 1. The first kappa shape index (κ1) is 10.8. The van der Waals surface area contributed by atoms with Gasteiger partial charge in [-0.2, -0.15) is 0 Å². The molecule has 0 aromatic carbocycles. The zero-order chi connectivity index (χ0) is 9.84. The summed E-state index contributed by atoms with van der Waals surface area (Å²) in [6.45, 7) is 7.39. The Bertz CT molecular complexity index is 257. The fourth-order valence-corrected chi connectivity index (χ4v) is 1.28. The number of halogens is 1. The highest BCUT2D eigenvalue weighted by atomic mass is 79.9. The SMILES string of the molecule is CC(C)C(C)NCc1ccc(Br)o1. The van der Waals surface area contributed by atoms with Crippen LogP contribution in [0.1, 0.15) is 26.5 Å². The highest BCUT2D eigenvalue weighted by Crippen LogP contribution is 2.14. The lowest BCUT2D eigenvalue weighted by atomic mass is 10.1. The Morgan fingerprint density at radius 2 is 2.08 bits per heavy atom. The predicted molar refractivity (Wildman–Crippen MR) is 57.5 cm³/mol. The Hall–Kier alpha value is -0.280. The van der Waals surface area contributed by atoms with Gasteiger partial charge in [-0.3, -0.25) is 0 Å². The minimum Gasteiger partial charge on any atom is -0.453 e. The van der Waals surface area contributed by atoms with E-state index in [1.54, 1.807) is 0 Å². The fourth-order valence-electron chi connectivity index (χ4n) is 0.944. The summed E-state index contributed by atoms with van der Waals surface area (Å²) in [4.78, 5) is 0. The molecule has 1 aromatic heterocycles. The van der Waals surface area contributed by atoms with Gasteiger partial charge in [0.2, 0.25) is 0 Å². The predicted octanol–water partition coefficient (Wildman–Crippen LogP) is 3.18. The van der Waals surface area contributed by atoms with E-state index in [-0.39, 0.29) is 0 Å². The van der Waals surface area contributed by atoms with Crippen LogP contribution in [-0.4, -0.2) is 6.04 Å². The quantitative estimate of drug-likeness (QED) is 0.882. The third kappa shape index (κ3) is 3.53. The number of furan rings is 1. The van der Waals surface area contributed by atoms with Crippen LogP contribution in [0.5, 0.6) is 0 Å². The van der Waals surface area contributed by atoms with Gasteiger partial charge in [0.15, 0.2) is 4.67 Å². The minimum absolute atomic E-state index is 0.517. The Morgan fingerprint density at radius 1 is 1.38 bits per heavy atom. The van der Waals surface area contributed by atoms with E-state index in [1.165, 1.54) is 0 Å². The molecule has 13 heavy (non-hydrogen) atoms. The monoisotopic (exact) mass is 245 g/mol. The van der Waals surface area contributed by atoms with Crippen LogP contribution in [0.15, 0.2) is 21.2 Å². The molecule has 1 aromatic rings. The molecule has 0 saturated carbocycles. The van der Waals surface area contributed by atoms with Crippen LogP contribution < -0.4 is 5.32 Å². The van der Waals surface area contributed by atoms with Crippen molar-refractivity contribution in [3.05, 3.63) is 22.6 Å². The topological polar surface area (TPSA) is 25.2 Å². The third-order valence-corrected chi connectivity index (χ3v) is 2.65. The molecule has 1 heterocycles. The van der Waals surface area contributed by atoms with Crippen LogP contribution in [0, 0.1) is 5.92 Å². The van der Waals surface area contributed by atoms with E-state index in [0.717, 1.165) is 17.0 Å². The summed E-state index contributed by atoms with van der Waals surface area (Å²) in [5.74, 6) is 1.62. The maximum atomic E-state index is 5.37. The van der Waals surface area contributed by atoms with Gasteiger partial charge < -0.3 is 9.73 Å². The molecule has 0 bridgehead atoms. The first-order valence-corrected chi connectivity index (χ1v) is 5.36. The molecule has 0 spiro atoms. The van der Waals surface area contributed by atoms with Crippen LogP contribution >= 0.6 is 15.9 Å². The average molecular weight is 246 g/mol. The molecular weight excluding hydrogens is 230 g/mol. The van der Waals surface area contributed by atoms with Crippen molar-refractivity contribution in [2.24, 2.45) is 5.92 Å². The lowest BCUT2D eigenvalue weighted by Crippen LogP contribution is -2.29. The second-order valence-corrected chi connectivity index (χ2v) is 4.40. The van der Waals surface area contributed by atoms with Gasteiger partial charge in [-0.15, -0.1) is 0 Å². The maximum absolute atomic E-state index is 5.37. The van der Waals surface area contributed by atoms with Gasteiger partial charge in [-0.25, -0.2) is 0 Å². The zero-order valence-electron chi connectivity index (χ0n) is 8.30. The molecule has 0 radical (unpaired) electrons. The van der Waals surface area contributed by atoms with Gasteiger partial charge in [0, 0.05) is 6.04 Å². The van der Waals surface area contributed by atoms with Crippen LogP contribution in [0.2, 0.25) is 0 Å². The number of hydrogen-bond acceptors (Lipinski definition) is 2. The van der Waals surface area contributed by atoms with Gasteiger partial charge >= 0.3 is 0 Å². The minimum atomic E-state index is 0.517. The molecule has 0 aliphatic heterocycles. The van der Waals surface area contributed by atoms with Crippen LogP contribution in [0.25, 0.3) is 0 Å². The second-order valence-electron chi connectivity index (χ2n) is 3.62. The fraction of sp³-hybridized carbons (Fsp3) is 0.600. The van der Waals surface area contributed by atoms with Gasteiger partial charge in [-0.05, 0) is 40.9 Å². The summed E-state index contributed by atoms with van der Waals surface area (Å²) < 4.78 is 6.16. The third-order valence-electron chi connectivity index (χ3n) is 2.23. The molecule has 1 unspecified atom stereocenters. The molecular formula is C10H16BrNO. The molecule has 0 aliphatic rings. The molecule has 3 heteroatoms. The lowest BCUT2D eigenvalue weighted by molar-refractivity contribution is 0.391. The van der Waals surface area contributed by atoms with Crippen molar-refractivity contribution in [2.45, 2.75) is 33.4 Å².